The Bertz CT molecular complexity index is 671. The van der Waals surface area contributed by atoms with Gasteiger partial charge < -0.3 is 25.0 Å². The average molecular weight is 390 g/mol. The first-order valence-corrected chi connectivity index (χ1v) is 9.96. The Morgan fingerprint density at radius 2 is 2.18 bits per heavy atom. The fraction of sp³-hybridized carbons (Fsp3) is 0.650. The highest BCUT2D eigenvalue weighted by molar-refractivity contribution is 5.94. The first kappa shape index (κ1) is 20.7. The number of aliphatic hydroxyl groups excluding tert-OH is 1. The Hall–Kier alpha value is -2.03. The average Bonchev–Trinajstić information content (AvgIpc) is 2.73. The number of carbonyl (C=O) groups is 2. The van der Waals surface area contributed by atoms with E-state index in [0.717, 1.165) is 25.8 Å². The van der Waals surface area contributed by atoms with Crippen molar-refractivity contribution >= 4 is 11.8 Å². The van der Waals surface area contributed by atoms with Gasteiger partial charge in [0, 0.05) is 25.8 Å². The molecule has 1 aromatic heterocycles. The van der Waals surface area contributed by atoms with Crippen molar-refractivity contribution in [2.45, 2.75) is 25.3 Å². The molecule has 2 saturated heterocycles. The number of likely N-dealkylation sites (N-methyl/N-ethyl adjacent to an activating group) is 1. The topological polar surface area (TPSA) is 95.0 Å². The largest absolute Gasteiger partial charge is 0.394 e. The molecule has 2 amide bonds. The lowest BCUT2D eigenvalue weighted by Crippen LogP contribution is -2.66. The van der Waals surface area contributed by atoms with Crippen LogP contribution in [0, 0.1) is 5.41 Å². The monoisotopic (exact) mass is 390 g/mol. The molecular weight excluding hydrogens is 360 g/mol. The lowest BCUT2D eigenvalue weighted by atomic mass is 9.67. The van der Waals surface area contributed by atoms with E-state index in [1.807, 2.05) is 18.0 Å². The smallest absolute Gasteiger partial charge is 0.272 e. The molecule has 0 unspecified atom stereocenters. The number of pyridine rings is 1. The number of ether oxygens (including phenoxy) is 1. The molecule has 2 aliphatic rings. The van der Waals surface area contributed by atoms with Crippen LogP contribution in [0.5, 0.6) is 0 Å². The van der Waals surface area contributed by atoms with Gasteiger partial charge in [-0.1, -0.05) is 6.07 Å². The Labute approximate surface area is 165 Å². The fourth-order valence-electron chi connectivity index (χ4n) is 4.36. The maximum absolute atomic E-state index is 13.2. The van der Waals surface area contributed by atoms with Gasteiger partial charge in [0.15, 0.2) is 0 Å². The van der Waals surface area contributed by atoms with E-state index in [2.05, 4.69) is 15.2 Å². The van der Waals surface area contributed by atoms with Crippen LogP contribution in [0.15, 0.2) is 24.4 Å². The molecule has 0 spiro atoms. The summed E-state index contributed by atoms with van der Waals surface area (Å²) in [6, 6.07) is 5.15. The van der Waals surface area contributed by atoms with Crippen molar-refractivity contribution < 1.29 is 19.4 Å². The number of nitrogens with one attached hydrogen (secondary N) is 1. The number of nitrogens with zero attached hydrogens (tertiary/aromatic N) is 3. The van der Waals surface area contributed by atoms with Crippen LogP contribution in [0.4, 0.5) is 0 Å². The highest BCUT2D eigenvalue weighted by atomic mass is 16.5. The van der Waals surface area contributed by atoms with Crippen LogP contribution in [-0.4, -0.2) is 90.8 Å². The normalized spacial score (nSPS) is 25.2. The Kier molecular flexibility index (Phi) is 6.98. The second-order valence-electron chi connectivity index (χ2n) is 7.59. The van der Waals surface area contributed by atoms with E-state index in [4.69, 9.17) is 9.84 Å². The Morgan fingerprint density at radius 3 is 2.93 bits per heavy atom. The maximum atomic E-state index is 13.2. The first-order chi connectivity index (χ1) is 13.6. The third kappa shape index (κ3) is 4.34. The van der Waals surface area contributed by atoms with E-state index in [0.29, 0.717) is 31.9 Å². The molecule has 0 radical (unpaired) electrons. The predicted molar refractivity (Wildman–Crippen MR) is 104 cm³/mol. The number of piperidine rings is 2. The zero-order chi connectivity index (χ0) is 20.0. The highest BCUT2D eigenvalue weighted by Crippen LogP contribution is 2.42. The van der Waals surface area contributed by atoms with Gasteiger partial charge in [0.2, 0.25) is 5.91 Å². The maximum Gasteiger partial charge on any atom is 0.272 e. The molecule has 0 saturated carbocycles. The fourth-order valence-corrected chi connectivity index (χ4v) is 4.36. The van der Waals surface area contributed by atoms with Gasteiger partial charge in [0.25, 0.3) is 5.91 Å². The first-order valence-electron chi connectivity index (χ1n) is 9.96. The molecule has 8 heteroatoms. The van der Waals surface area contributed by atoms with Crippen LogP contribution in [0.25, 0.3) is 0 Å². The van der Waals surface area contributed by atoms with Crippen molar-refractivity contribution in [2.75, 3.05) is 53.0 Å². The van der Waals surface area contributed by atoms with Crippen LogP contribution in [0.2, 0.25) is 0 Å². The lowest BCUT2D eigenvalue weighted by Gasteiger charge is -2.53. The predicted octanol–water partition coefficient (Wildman–Crippen LogP) is 0.133. The van der Waals surface area contributed by atoms with Crippen molar-refractivity contribution in [2.24, 2.45) is 5.41 Å². The Balaban J connectivity index is 1.76. The molecular formula is C20H30N4O4. The molecule has 2 fully saturated rings. The standard InChI is InChI=1S/C20H30N4O4/c1-23-11-7-20(19(27)22-9-13-28-14-12-25)6-4-10-24(17(20)15-23)18(26)16-5-2-3-8-21-16/h2-3,5,8,17,25H,4,6-7,9-15H2,1H3,(H,22,27)/t17-,20+/m0/s1. The van der Waals surface area contributed by atoms with E-state index in [1.54, 1.807) is 18.3 Å². The minimum Gasteiger partial charge on any atom is -0.394 e. The quantitative estimate of drug-likeness (QED) is 0.643. The Morgan fingerprint density at radius 1 is 1.32 bits per heavy atom. The van der Waals surface area contributed by atoms with Crippen LogP contribution in [-0.2, 0) is 9.53 Å². The van der Waals surface area contributed by atoms with E-state index in [9.17, 15) is 9.59 Å². The number of likely N-dealkylation sites (tertiary alicyclic amines) is 2. The van der Waals surface area contributed by atoms with Gasteiger partial charge in [0.05, 0.1) is 31.3 Å². The summed E-state index contributed by atoms with van der Waals surface area (Å²) in [6.45, 7) is 3.14. The summed E-state index contributed by atoms with van der Waals surface area (Å²) in [5, 5.41) is 11.8. The van der Waals surface area contributed by atoms with E-state index < -0.39 is 5.41 Å². The van der Waals surface area contributed by atoms with E-state index in [-0.39, 0.29) is 31.1 Å². The van der Waals surface area contributed by atoms with Crippen LogP contribution >= 0.6 is 0 Å². The second kappa shape index (κ2) is 9.45. The highest BCUT2D eigenvalue weighted by Gasteiger charge is 2.53. The minimum atomic E-state index is -0.577. The molecule has 0 aliphatic carbocycles. The van der Waals surface area contributed by atoms with Gasteiger partial charge in [-0.3, -0.25) is 14.6 Å². The van der Waals surface area contributed by atoms with Gasteiger partial charge in [-0.25, -0.2) is 0 Å². The number of rotatable bonds is 7. The summed E-state index contributed by atoms with van der Waals surface area (Å²) in [5.41, 5.74) is -0.157. The van der Waals surface area contributed by atoms with E-state index in [1.165, 1.54) is 0 Å². The summed E-state index contributed by atoms with van der Waals surface area (Å²) in [7, 11) is 2.03. The molecule has 1 aromatic rings. The van der Waals surface area contributed by atoms with Crippen LogP contribution in [0.3, 0.4) is 0 Å². The number of hydrogen-bond donors (Lipinski definition) is 2. The lowest BCUT2D eigenvalue weighted by molar-refractivity contribution is -0.142. The van der Waals surface area contributed by atoms with E-state index >= 15 is 0 Å². The number of carbonyl (C=O) groups excluding carboxylic acids is 2. The molecule has 0 bridgehead atoms. The summed E-state index contributed by atoms with van der Waals surface area (Å²) in [5.74, 6) is -0.110. The van der Waals surface area contributed by atoms with Crippen LogP contribution in [0.1, 0.15) is 29.8 Å². The summed E-state index contributed by atoms with van der Waals surface area (Å²) in [4.78, 5) is 34.6. The molecule has 3 heterocycles. The van der Waals surface area contributed by atoms with Crippen molar-refractivity contribution in [3.63, 3.8) is 0 Å². The molecule has 3 rings (SSSR count). The van der Waals surface area contributed by atoms with Crippen molar-refractivity contribution in [1.29, 1.82) is 0 Å². The number of aliphatic hydroxyl groups is 1. The van der Waals surface area contributed by atoms with Gasteiger partial charge in [-0.2, -0.15) is 0 Å². The van der Waals surface area contributed by atoms with Gasteiger partial charge in [-0.15, -0.1) is 0 Å². The second-order valence-corrected chi connectivity index (χ2v) is 7.59. The number of amides is 2. The zero-order valence-corrected chi connectivity index (χ0v) is 16.5. The number of fused-ring (bicyclic) bond motifs is 1. The summed E-state index contributed by atoms with van der Waals surface area (Å²) in [6.07, 6.45) is 3.92. The van der Waals surface area contributed by atoms with Gasteiger partial charge >= 0.3 is 0 Å². The number of hydrogen-bond acceptors (Lipinski definition) is 6. The molecule has 2 N–H and O–H groups in total. The molecule has 8 nitrogen and oxygen atoms in total. The minimum absolute atomic E-state index is 0.00304. The third-order valence-electron chi connectivity index (χ3n) is 5.82. The molecule has 154 valence electrons. The zero-order valence-electron chi connectivity index (χ0n) is 16.5. The van der Waals surface area contributed by atoms with Crippen molar-refractivity contribution in [3.05, 3.63) is 30.1 Å². The van der Waals surface area contributed by atoms with Crippen molar-refractivity contribution in [3.8, 4) is 0 Å². The summed E-state index contributed by atoms with van der Waals surface area (Å²) < 4.78 is 5.24. The molecule has 2 aliphatic heterocycles. The van der Waals surface area contributed by atoms with Crippen molar-refractivity contribution in [1.82, 2.24) is 20.1 Å². The summed E-state index contributed by atoms with van der Waals surface area (Å²) >= 11 is 0. The molecule has 2 atom stereocenters. The van der Waals surface area contributed by atoms with Crippen LogP contribution < -0.4 is 5.32 Å². The number of aromatic nitrogens is 1. The molecule has 0 aromatic carbocycles. The van der Waals surface area contributed by atoms with Gasteiger partial charge in [0.1, 0.15) is 5.69 Å². The van der Waals surface area contributed by atoms with Gasteiger partial charge in [-0.05, 0) is 45.0 Å². The molecule has 28 heavy (non-hydrogen) atoms. The SMILES string of the molecule is CN1CC[C@]2(C(=O)NCCOCCO)CCCN(C(=O)c3ccccn3)[C@H]2C1. The third-order valence-corrected chi connectivity index (χ3v) is 5.82.